The SMILES string of the molecule is COCC(O)COc1ccc2ccccc2c1C(=O)O. The summed E-state index contributed by atoms with van der Waals surface area (Å²) in [5.74, 6) is -0.815. The smallest absolute Gasteiger partial charge is 0.340 e. The molecule has 0 spiro atoms. The maximum Gasteiger partial charge on any atom is 0.340 e. The molecule has 5 heteroatoms. The molecular weight excluding hydrogens is 260 g/mol. The zero-order valence-electron chi connectivity index (χ0n) is 11.1. The van der Waals surface area contributed by atoms with Crippen molar-refractivity contribution in [3.63, 3.8) is 0 Å². The van der Waals surface area contributed by atoms with Crippen molar-refractivity contribution >= 4 is 16.7 Å². The number of fused-ring (bicyclic) bond motifs is 1. The Morgan fingerprint density at radius 3 is 2.65 bits per heavy atom. The second kappa shape index (κ2) is 6.36. The minimum absolute atomic E-state index is 0.0214. The number of aliphatic hydroxyl groups excluding tert-OH is 1. The highest BCUT2D eigenvalue weighted by atomic mass is 16.5. The predicted octanol–water partition coefficient (Wildman–Crippen LogP) is 1.92. The Hall–Kier alpha value is -2.11. The van der Waals surface area contributed by atoms with E-state index in [0.29, 0.717) is 5.39 Å². The average molecular weight is 276 g/mol. The van der Waals surface area contributed by atoms with Gasteiger partial charge in [0.15, 0.2) is 0 Å². The fourth-order valence-corrected chi connectivity index (χ4v) is 2.02. The van der Waals surface area contributed by atoms with Crippen molar-refractivity contribution in [2.45, 2.75) is 6.10 Å². The number of hydrogen-bond acceptors (Lipinski definition) is 4. The van der Waals surface area contributed by atoms with E-state index in [1.54, 1.807) is 24.3 Å². The van der Waals surface area contributed by atoms with Gasteiger partial charge in [-0.3, -0.25) is 0 Å². The van der Waals surface area contributed by atoms with Gasteiger partial charge in [-0.2, -0.15) is 0 Å². The summed E-state index contributed by atoms with van der Waals surface area (Å²) in [5, 5.41) is 20.4. The second-order valence-corrected chi connectivity index (χ2v) is 4.39. The van der Waals surface area contributed by atoms with E-state index < -0.39 is 12.1 Å². The topological polar surface area (TPSA) is 76.0 Å². The summed E-state index contributed by atoms with van der Waals surface area (Å²) in [4.78, 5) is 11.4. The lowest BCUT2D eigenvalue weighted by Crippen LogP contribution is -2.23. The molecule has 2 aromatic carbocycles. The van der Waals surface area contributed by atoms with Gasteiger partial charge in [0.2, 0.25) is 0 Å². The van der Waals surface area contributed by atoms with Crippen LogP contribution >= 0.6 is 0 Å². The molecule has 0 aliphatic carbocycles. The van der Waals surface area contributed by atoms with Gasteiger partial charge >= 0.3 is 5.97 Å². The van der Waals surface area contributed by atoms with Crippen molar-refractivity contribution in [3.05, 3.63) is 42.0 Å². The Balaban J connectivity index is 2.33. The highest BCUT2D eigenvalue weighted by Gasteiger charge is 2.16. The van der Waals surface area contributed by atoms with Crippen LogP contribution in [-0.2, 0) is 4.74 Å². The average Bonchev–Trinajstić information content (AvgIpc) is 2.44. The molecule has 2 aromatic rings. The molecule has 1 atom stereocenters. The van der Waals surface area contributed by atoms with E-state index in [-0.39, 0.29) is 24.5 Å². The van der Waals surface area contributed by atoms with E-state index >= 15 is 0 Å². The Kier molecular flexibility index (Phi) is 4.55. The highest BCUT2D eigenvalue weighted by molar-refractivity contribution is 6.06. The van der Waals surface area contributed by atoms with Crippen LogP contribution in [-0.4, -0.2) is 42.6 Å². The summed E-state index contributed by atoms with van der Waals surface area (Å²) in [5.41, 5.74) is 0.104. The number of aromatic carboxylic acids is 1. The molecule has 2 rings (SSSR count). The highest BCUT2D eigenvalue weighted by Crippen LogP contribution is 2.28. The minimum atomic E-state index is -1.06. The first-order chi connectivity index (χ1) is 9.63. The molecule has 0 amide bonds. The third kappa shape index (κ3) is 3.07. The molecule has 0 fully saturated rings. The molecule has 0 saturated carbocycles. The fourth-order valence-electron chi connectivity index (χ4n) is 2.02. The van der Waals surface area contributed by atoms with Crippen molar-refractivity contribution < 1.29 is 24.5 Å². The minimum Gasteiger partial charge on any atom is -0.490 e. The van der Waals surface area contributed by atoms with Crippen LogP contribution in [0.4, 0.5) is 0 Å². The van der Waals surface area contributed by atoms with E-state index in [9.17, 15) is 15.0 Å². The predicted molar refractivity (Wildman–Crippen MR) is 74.3 cm³/mol. The maximum absolute atomic E-state index is 11.4. The molecule has 0 aliphatic heterocycles. The molecule has 0 saturated heterocycles. The zero-order chi connectivity index (χ0) is 14.5. The number of carbonyl (C=O) groups is 1. The number of rotatable bonds is 6. The molecule has 0 aliphatic rings. The van der Waals surface area contributed by atoms with Gasteiger partial charge in [-0.1, -0.05) is 30.3 Å². The lowest BCUT2D eigenvalue weighted by Gasteiger charge is -2.14. The van der Waals surface area contributed by atoms with Gasteiger partial charge < -0.3 is 19.7 Å². The summed E-state index contributed by atoms with van der Waals surface area (Å²) in [6.45, 7) is 0.114. The monoisotopic (exact) mass is 276 g/mol. The number of methoxy groups -OCH3 is 1. The molecule has 106 valence electrons. The first-order valence-electron chi connectivity index (χ1n) is 6.18. The van der Waals surface area contributed by atoms with Crippen LogP contribution in [0.1, 0.15) is 10.4 Å². The first kappa shape index (κ1) is 14.3. The molecule has 1 unspecified atom stereocenters. The Bertz CT molecular complexity index is 608. The lowest BCUT2D eigenvalue weighted by atomic mass is 10.0. The standard InChI is InChI=1S/C15H16O5/c1-19-8-11(16)9-20-13-7-6-10-4-2-3-5-12(10)14(13)15(17)18/h2-7,11,16H,8-9H2,1H3,(H,17,18). The van der Waals surface area contributed by atoms with Gasteiger partial charge in [0.25, 0.3) is 0 Å². The lowest BCUT2D eigenvalue weighted by molar-refractivity contribution is 0.0319. The third-order valence-electron chi connectivity index (χ3n) is 2.89. The zero-order valence-corrected chi connectivity index (χ0v) is 11.1. The van der Waals surface area contributed by atoms with Crippen LogP contribution < -0.4 is 4.74 Å². The Morgan fingerprint density at radius 2 is 1.95 bits per heavy atom. The number of hydrogen-bond donors (Lipinski definition) is 2. The molecular formula is C15H16O5. The van der Waals surface area contributed by atoms with Gasteiger partial charge in [0, 0.05) is 7.11 Å². The van der Waals surface area contributed by atoms with Gasteiger partial charge in [-0.15, -0.1) is 0 Å². The largest absolute Gasteiger partial charge is 0.490 e. The van der Waals surface area contributed by atoms with Gasteiger partial charge in [0.1, 0.15) is 24.0 Å². The Labute approximate surface area is 116 Å². The van der Waals surface area contributed by atoms with Crippen molar-refractivity contribution in [2.75, 3.05) is 20.3 Å². The van der Waals surface area contributed by atoms with Crippen molar-refractivity contribution in [2.24, 2.45) is 0 Å². The molecule has 0 bridgehead atoms. The van der Waals surface area contributed by atoms with Gasteiger partial charge in [-0.25, -0.2) is 4.79 Å². The van der Waals surface area contributed by atoms with Crippen molar-refractivity contribution in [3.8, 4) is 5.75 Å². The molecule has 2 N–H and O–H groups in total. The number of ether oxygens (including phenoxy) is 2. The Morgan fingerprint density at radius 1 is 1.20 bits per heavy atom. The van der Waals surface area contributed by atoms with E-state index in [1.807, 2.05) is 12.1 Å². The summed E-state index contributed by atoms with van der Waals surface area (Å²) in [6, 6.07) is 10.6. The van der Waals surface area contributed by atoms with E-state index in [0.717, 1.165) is 5.39 Å². The van der Waals surface area contributed by atoms with Crippen LogP contribution in [0.2, 0.25) is 0 Å². The van der Waals surface area contributed by atoms with Crippen LogP contribution in [0.3, 0.4) is 0 Å². The summed E-state index contributed by atoms with van der Waals surface area (Å²) >= 11 is 0. The van der Waals surface area contributed by atoms with Gasteiger partial charge in [0.05, 0.1) is 6.61 Å². The molecule has 20 heavy (non-hydrogen) atoms. The summed E-state index contributed by atoms with van der Waals surface area (Å²) in [6.07, 6.45) is -0.798. The van der Waals surface area contributed by atoms with Crippen LogP contribution in [0.5, 0.6) is 5.75 Å². The second-order valence-electron chi connectivity index (χ2n) is 4.39. The van der Waals surface area contributed by atoms with Crippen LogP contribution in [0.15, 0.2) is 36.4 Å². The van der Waals surface area contributed by atoms with Crippen molar-refractivity contribution in [1.82, 2.24) is 0 Å². The number of carboxylic acid groups (broad SMARTS) is 1. The van der Waals surface area contributed by atoms with E-state index in [1.165, 1.54) is 7.11 Å². The summed E-state index contributed by atoms with van der Waals surface area (Å²) in [7, 11) is 1.47. The number of carboxylic acids is 1. The van der Waals surface area contributed by atoms with Gasteiger partial charge in [-0.05, 0) is 16.8 Å². The molecule has 0 heterocycles. The number of benzene rings is 2. The first-order valence-corrected chi connectivity index (χ1v) is 6.18. The molecule has 0 radical (unpaired) electrons. The van der Waals surface area contributed by atoms with Crippen LogP contribution in [0, 0.1) is 0 Å². The normalized spacial score (nSPS) is 12.3. The third-order valence-corrected chi connectivity index (χ3v) is 2.89. The molecule has 5 nitrogen and oxygen atoms in total. The van der Waals surface area contributed by atoms with Crippen molar-refractivity contribution in [1.29, 1.82) is 0 Å². The van der Waals surface area contributed by atoms with Crippen LogP contribution in [0.25, 0.3) is 10.8 Å². The molecule has 0 aromatic heterocycles. The van der Waals surface area contributed by atoms with E-state index in [2.05, 4.69) is 0 Å². The maximum atomic E-state index is 11.4. The fraction of sp³-hybridized carbons (Fsp3) is 0.267. The van der Waals surface area contributed by atoms with E-state index in [4.69, 9.17) is 9.47 Å². The quantitative estimate of drug-likeness (QED) is 0.843. The number of aliphatic hydroxyl groups is 1. The summed E-state index contributed by atoms with van der Waals surface area (Å²) < 4.78 is 10.2.